The van der Waals surface area contributed by atoms with Crippen molar-refractivity contribution in [2.75, 3.05) is 0 Å². The summed E-state index contributed by atoms with van der Waals surface area (Å²) in [5.41, 5.74) is 4.73. The first-order chi connectivity index (χ1) is 5.95. The van der Waals surface area contributed by atoms with E-state index in [1.54, 1.807) is 0 Å². The first-order valence-electron chi connectivity index (χ1n) is 3.62. The van der Waals surface area contributed by atoms with E-state index in [0.29, 0.717) is 0 Å². The Kier molecular flexibility index (Phi) is 2.84. The summed E-state index contributed by atoms with van der Waals surface area (Å²) in [7, 11) is 0. The second kappa shape index (κ2) is 3.56. The zero-order chi connectivity index (χ0) is 10.2. The Bertz CT molecular complexity index is 209. The standard InChI is InChI=1S/C6H11NO6/c7-5(11)3(10)4-1(8)2(9)6(12)13-4/h1-4,6,8-10,12H,(H2,7,11)/t1-,2+,3+,4+,6?/m1/s1. The van der Waals surface area contributed by atoms with Gasteiger partial charge in [-0.05, 0) is 0 Å². The van der Waals surface area contributed by atoms with Gasteiger partial charge in [-0.3, -0.25) is 4.79 Å². The minimum absolute atomic E-state index is 1.09. The van der Waals surface area contributed by atoms with Gasteiger partial charge in [-0.15, -0.1) is 0 Å². The molecule has 1 fully saturated rings. The molecule has 13 heavy (non-hydrogen) atoms. The van der Waals surface area contributed by atoms with E-state index in [0.717, 1.165) is 0 Å². The number of ether oxygens (including phenoxy) is 1. The third-order valence-electron chi connectivity index (χ3n) is 1.88. The lowest BCUT2D eigenvalue weighted by molar-refractivity contribution is -0.156. The summed E-state index contributed by atoms with van der Waals surface area (Å²) in [5.74, 6) is -1.09. The fraction of sp³-hybridized carbons (Fsp3) is 0.833. The van der Waals surface area contributed by atoms with Crippen molar-refractivity contribution in [3.05, 3.63) is 0 Å². The lowest BCUT2D eigenvalue weighted by Gasteiger charge is -2.17. The molecule has 5 atom stereocenters. The summed E-state index contributed by atoms with van der Waals surface area (Å²) in [6, 6.07) is 0. The third-order valence-corrected chi connectivity index (χ3v) is 1.88. The van der Waals surface area contributed by atoms with E-state index in [1.807, 2.05) is 0 Å². The molecule has 6 N–H and O–H groups in total. The summed E-state index contributed by atoms with van der Waals surface area (Å²) < 4.78 is 4.51. The van der Waals surface area contributed by atoms with Gasteiger partial charge in [-0.2, -0.15) is 0 Å². The van der Waals surface area contributed by atoms with E-state index in [1.165, 1.54) is 0 Å². The monoisotopic (exact) mass is 193 g/mol. The van der Waals surface area contributed by atoms with Crippen molar-refractivity contribution < 1.29 is 30.0 Å². The molecule has 0 aromatic carbocycles. The largest absolute Gasteiger partial charge is 0.387 e. The summed E-state index contributed by atoms with van der Waals surface area (Å²) in [6.07, 6.45) is -7.82. The van der Waals surface area contributed by atoms with Crippen molar-refractivity contribution in [3.8, 4) is 0 Å². The smallest absolute Gasteiger partial charge is 0.249 e. The summed E-state index contributed by atoms with van der Waals surface area (Å²) in [6.45, 7) is 0. The van der Waals surface area contributed by atoms with Crippen molar-refractivity contribution in [2.45, 2.75) is 30.7 Å². The molecule has 0 aromatic heterocycles. The van der Waals surface area contributed by atoms with Gasteiger partial charge in [0, 0.05) is 0 Å². The van der Waals surface area contributed by atoms with Crippen LogP contribution in [0.5, 0.6) is 0 Å². The molecule has 1 amide bonds. The Labute approximate surface area is 73.4 Å². The number of aliphatic hydroxyl groups excluding tert-OH is 4. The van der Waals surface area contributed by atoms with Gasteiger partial charge >= 0.3 is 0 Å². The molecule has 0 bridgehead atoms. The lowest BCUT2D eigenvalue weighted by Crippen LogP contribution is -2.45. The van der Waals surface area contributed by atoms with E-state index < -0.39 is 36.6 Å². The van der Waals surface area contributed by atoms with Crippen molar-refractivity contribution >= 4 is 5.91 Å². The highest BCUT2D eigenvalue weighted by Crippen LogP contribution is 2.21. The predicted molar refractivity (Wildman–Crippen MR) is 38.1 cm³/mol. The number of rotatable bonds is 2. The Morgan fingerprint density at radius 2 is 1.85 bits per heavy atom. The third kappa shape index (κ3) is 1.79. The van der Waals surface area contributed by atoms with Crippen LogP contribution in [-0.2, 0) is 9.53 Å². The maximum atomic E-state index is 10.5. The minimum Gasteiger partial charge on any atom is -0.387 e. The fourth-order valence-electron chi connectivity index (χ4n) is 1.11. The molecule has 76 valence electrons. The van der Waals surface area contributed by atoms with E-state index in [4.69, 9.17) is 26.2 Å². The molecule has 0 aliphatic carbocycles. The molecule has 0 radical (unpaired) electrons. The molecule has 1 heterocycles. The number of amides is 1. The minimum atomic E-state index is -1.75. The maximum absolute atomic E-state index is 10.5. The second-order valence-electron chi connectivity index (χ2n) is 2.82. The van der Waals surface area contributed by atoms with Crippen molar-refractivity contribution in [1.29, 1.82) is 0 Å². The fourth-order valence-corrected chi connectivity index (χ4v) is 1.11. The van der Waals surface area contributed by atoms with Crippen molar-refractivity contribution in [2.24, 2.45) is 5.73 Å². The lowest BCUT2D eigenvalue weighted by atomic mass is 10.1. The van der Waals surface area contributed by atoms with Gasteiger partial charge in [0.2, 0.25) is 5.91 Å². The van der Waals surface area contributed by atoms with Crippen molar-refractivity contribution in [1.82, 2.24) is 0 Å². The topological polar surface area (TPSA) is 133 Å². The first-order valence-corrected chi connectivity index (χ1v) is 3.62. The highest BCUT2D eigenvalue weighted by Gasteiger charge is 2.46. The van der Waals surface area contributed by atoms with Crippen LogP contribution in [0.25, 0.3) is 0 Å². The van der Waals surface area contributed by atoms with Crippen LogP contribution in [0.4, 0.5) is 0 Å². The molecule has 7 nitrogen and oxygen atoms in total. The number of carbonyl (C=O) groups excluding carboxylic acids is 1. The molecule has 7 heteroatoms. The zero-order valence-corrected chi connectivity index (χ0v) is 6.57. The Morgan fingerprint density at radius 3 is 2.15 bits per heavy atom. The maximum Gasteiger partial charge on any atom is 0.249 e. The number of hydrogen-bond acceptors (Lipinski definition) is 6. The number of carbonyl (C=O) groups is 1. The van der Waals surface area contributed by atoms with Gasteiger partial charge in [-0.1, -0.05) is 0 Å². The zero-order valence-electron chi connectivity index (χ0n) is 6.57. The van der Waals surface area contributed by atoms with Crippen LogP contribution in [-0.4, -0.2) is 57.0 Å². The number of primary amides is 1. The second-order valence-corrected chi connectivity index (χ2v) is 2.82. The Balaban J connectivity index is 2.68. The van der Waals surface area contributed by atoms with Crippen LogP contribution in [0.15, 0.2) is 0 Å². The van der Waals surface area contributed by atoms with E-state index in [2.05, 4.69) is 4.74 Å². The van der Waals surface area contributed by atoms with E-state index in [-0.39, 0.29) is 0 Å². The SMILES string of the molecule is NC(=O)[C@@H](O)[C@H]1OC(O)[C@@H](O)[C@H]1O. The molecule has 1 aliphatic heterocycles. The van der Waals surface area contributed by atoms with Crippen LogP contribution in [0.3, 0.4) is 0 Å². The molecule has 1 unspecified atom stereocenters. The van der Waals surface area contributed by atoms with Gasteiger partial charge in [0.1, 0.15) is 18.3 Å². The highest BCUT2D eigenvalue weighted by molar-refractivity contribution is 5.79. The quantitative estimate of drug-likeness (QED) is 0.306. The molecule has 0 saturated carbocycles. The van der Waals surface area contributed by atoms with Crippen LogP contribution in [0.1, 0.15) is 0 Å². The average molecular weight is 193 g/mol. The van der Waals surface area contributed by atoms with Crippen molar-refractivity contribution in [3.63, 3.8) is 0 Å². The summed E-state index contributed by atoms with van der Waals surface area (Å²) >= 11 is 0. The van der Waals surface area contributed by atoms with Gasteiger partial charge in [0.15, 0.2) is 12.4 Å². The molecule has 0 aromatic rings. The molecule has 1 rings (SSSR count). The Morgan fingerprint density at radius 1 is 1.31 bits per heavy atom. The molecule has 1 aliphatic rings. The summed E-state index contributed by atoms with van der Waals surface area (Å²) in [5, 5.41) is 36.0. The first kappa shape index (κ1) is 10.4. The molecule has 1 saturated heterocycles. The van der Waals surface area contributed by atoms with Crippen LogP contribution < -0.4 is 5.73 Å². The number of aliphatic hydroxyl groups is 4. The van der Waals surface area contributed by atoms with Crippen LogP contribution in [0, 0.1) is 0 Å². The average Bonchev–Trinajstić information content (AvgIpc) is 2.31. The van der Waals surface area contributed by atoms with Gasteiger partial charge in [-0.25, -0.2) is 0 Å². The van der Waals surface area contributed by atoms with Gasteiger partial charge in [0.25, 0.3) is 0 Å². The number of hydrogen-bond donors (Lipinski definition) is 5. The molecular formula is C6H11NO6. The van der Waals surface area contributed by atoms with E-state index >= 15 is 0 Å². The highest BCUT2D eigenvalue weighted by atomic mass is 16.6. The normalized spacial score (nSPS) is 41.8. The van der Waals surface area contributed by atoms with Crippen LogP contribution >= 0.6 is 0 Å². The molecular weight excluding hydrogens is 182 g/mol. The molecule has 0 spiro atoms. The summed E-state index contributed by atoms with van der Waals surface area (Å²) in [4.78, 5) is 10.5. The predicted octanol–water partition coefficient (Wildman–Crippen LogP) is -3.73. The van der Waals surface area contributed by atoms with Gasteiger partial charge in [0.05, 0.1) is 0 Å². The number of nitrogens with two attached hydrogens (primary N) is 1. The Hall–Kier alpha value is -0.730. The van der Waals surface area contributed by atoms with E-state index in [9.17, 15) is 4.79 Å². The van der Waals surface area contributed by atoms with Gasteiger partial charge < -0.3 is 30.9 Å². The van der Waals surface area contributed by atoms with Crippen LogP contribution in [0.2, 0.25) is 0 Å².